The lowest BCUT2D eigenvalue weighted by Crippen LogP contribution is -2.08. The number of aromatic nitrogens is 2. The van der Waals surface area contributed by atoms with Crippen LogP contribution >= 0.6 is 11.3 Å². The van der Waals surface area contributed by atoms with Gasteiger partial charge in [0.05, 0.1) is 10.7 Å². The average molecular weight is 259 g/mol. The minimum absolute atomic E-state index is 0.211. The third-order valence-corrected chi connectivity index (χ3v) is 3.00. The van der Waals surface area contributed by atoms with Gasteiger partial charge in [0.2, 0.25) is 5.91 Å². The molecule has 0 unspecified atom stereocenters. The number of pyridine rings is 1. The number of aryl methyl sites for hydroxylation is 2. The zero-order valence-electron chi connectivity index (χ0n) is 10.2. The summed E-state index contributed by atoms with van der Waals surface area (Å²) >= 11 is 1.56. The van der Waals surface area contributed by atoms with Crippen LogP contribution in [0.15, 0.2) is 29.8 Å². The van der Waals surface area contributed by atoms with E-state index in [1.54, 1.807) is 29.7 Å². The highest BCUT2D eigenvalue weighted by Gasteiger charge is 1.99. The van der Waals surface area contributed by atoms with Crippen LogP contribution < -0.4 is 5.32 Å². The second-order valence-corrected chi connectivity index (χ2v) is 4.90. The molecule has 0 spiro atoms. The number of anilines is 1. The number of rotatable bonds is 3. The van der Waals surface area contributed by atoms with Gasteiger partial charge in [0.15, 0.2) is 0 Å². The molecule has 2 aromatic heterocycles. The van der Waals surface area contributed by atoms with E-state index in [0.29, 0.717) is 5.82 Å². The van der Waals surface area contributed by atoms with E-state index in [2.05, 4.69) is 15.3 Å². The zero-order valence-corrected chi connectivity index (χ0v) is 11.0. The third-order valence-electron chi connectivity index (χ3n) is 2.20. The molecule has 0 aromatic carbocycles. The van der Waals surface area contributed by atoms with Gasteiger partial charge in [-0.1, -0.05) is 6.07 Å². The van der Waals surface area contributed by atoms with Gasteiger partial charge in [0, 0.05) is 17.7 Å². The molecule has 0 atom stereocenters. The Morgan fingerprint density at radius 1 is 1.39 bits per heavy atom. The predicted molar refractivity (Wildman–Crippen MR) is 73.5 cm³/mol. The number of hydrogen-bond acceptors (Lipinski definition) is 4. The summed E-state index contributed by atoms with van der Waals surface area (Å²) in [5, 5.41) is 5.57. The molecule has 0 aliphatic rings. The van der Waals surface area contributed by atoms with Crippen molar-refractivity contribution < 1.29 is 4.79 Å². The van der Waals surface area contributed by atoms with Gasteiger partial charge in [-0.05, 0) is 31.6 Å². The molecule has 1 N–H and O–H groups in total. The van der Waals surface area contributed by atoms with Crippen molar-refractivity contribution in [1.82, 2.24) is 9.97 Å². The summed E-state index contributed by atoms with van der Waals surface area (Å²) in [7, 11) is 0. The summed E-state index contributed by atoms with van der Waals surface area (Å²) in [5.74, 6) is 0.335. The number of amides is 1. The Bertz CT molecular complexity index is 572. The third kappa shape index (κ3) is 3.49. The lowest BCUT2D eigenvalue weighted by atomic mass is 10.3. The van der Waals surface area contributed by atoms with E-state index < -0.39 is 0 Å². The molecular formula is C13H13N3OS. The molecule has 0 saturated heterocycles. The van der Waals surface area contributed by atoms with E-state index in [1.807, 2.05) is 25.3 Å². The Labute approximate surface area is 109 Å². The molecule has 92 valence electrons. The average Bonchev–Trinajstić information content (AvgIpc) is 2.76. The van der Waals surface area contributed by atoms with Crippen LogP contribution in [0.1, 0.15) is 16.3 Å². The lowest BCUT2D eigenvalue weighted by molar-refractivity contribution is -0.111. The van der Waals surface area contributed by atoms with E-state index in [-0.39, 0.29) is 5.91 Å². The van der Waals surface area contributed by atoms with Gasteiger partial charge < -0.3 is 5.32 Å². The second kappa shape index (κ2) is 5.55. The van der Waals surface area contributed by atoms with Crippen LogP contribution in [0.4, 0.5) is 5.82 Å². The Morgan fingerprint density at radius 2 is 2.22 bits per heavy atom. The number of carbonyl (C=O) groups is 1. The van der Waals surface area contributed by atoms with Gasteiger partial charge >= 0.3 is 0 Å². The van der Waals surface area contributed by atoms with Gasteiger partial charge in [0.1, 0.15) is 5.82 Å². The van der Waals surface area contributed by atoms with Gasteiger partial charge in [0.25, 0.3) is 0 Å². The van der Waals surface area contributed by atoms with Gasteiger partial charge in [-0.25, -0.2) is 9.97 Å². The Hall–Kier alpha value is -2.01. The van der Waals surface area contributed by atoms with Crippen molar-refractivity contribution >= 4 is 29.1 Å². The zero-order chi connectivity index (χ0) is 13.0. The molecule has 5 heteroatoms. The summed E-state index contributed by atoms with van der Waals surface area (Å²) in [6.45, 7) is 3.88. The number of carbonyl (C=O) groups excluding carboxylic acids is 1. The monoisotopic (exact) mass is 259 g/mol. The normalized spacial score (nSPS) is 10.8. The quantitative estimate of drug-likeness (QED) is 0.862. The van der Waals surface area contributed by atoms with Crippen LogP contribution in [-0.4, -0.2) is 15.9 Å². The van der Waals surface area contributed by atoms with Crippen LogP contribution in [0, 0.1) is 13.8 Å². The van der Waals surface area contributed by atoms with Crippen LogP contribution in [0.25, 0.3) is 6.08 Å². The van der Waals surface area contributed by atoms with Crippen LogP contribution in [0.3, 0.4) is 0 Å². The fraction of sp³-hybridized carbons (Fsp3) is 0.154. The first kappa shape index (κ1) is 12.4. The molecule has 0 bridgehead atoms. The molecule has 2 rings (SSSR count). The molecule has 0 aliphatic heterocycles. The van der Waals surface area contributed by atoms with E-state index in [4.69, 9.17) is 0 Å². The highest BCUT2D eigenvalue weighted by atomic mass is 32.1. The summed E-state index contributed by atoms with van der Waals surface area (Å²) in [5.41, 5.74) is 1.85. The van der Waals surface area contributed by atoms with Crippen LogP contribution in [0.5, 0.6) is 0 Å². The highest BCUT2D eigenvalue weighted by Crippen LogP contribution is 2.09. The van der Waals surface area contributed by atoms with Crippen molar-refractivity contribution in [1.29, 1.82) is 0 Å². The molecule has 18 heavy (non-hydrogen) atoms. The van der Waals surface area contributed by atoms with Crippen molar-refractivity contribution in [3.63, 3.8) is 0 Å². The SMILES string of the molecule is Cc1ccc(NC(=O)/C=C/c2csc(C)n2)nc1. The summed E-state index contributed by atoms with van der Waals surface area (Å²) in [4.78, 5) is 20.0. The first-order valence-corrected chi connectivity index (χ1v) is 6.35. The first-order valence-electron chi connectivity index (χ1n) is 5.47. The van der Waals surface area contributed by atoms with Gasteiger partial charge in [-0.2, -0.15) is 0 Å². The fourth-order valence-electron chi connectivity index (χ4n) is 1.33. The predicted octanol–water partition coefficient (Wildman–Crippen LogP) is 2.81. The summed E-state index contributed by atoms with van der Waals surface area (Å²) in [6.07, 6.45) is 4.85. The van der Waals surface area contributed by atoms with Crippen molar-refractivity contribution in [3.8, 4) is 0 Å². The maximum absolute atomic E-state index is 11.6. The minimum atomic E-state index is -0.211. The van der Waals surface area contributed by atoms with Crippen LogP contribution in [0.2, 0.25) is 0 Å². The maximum Gasteiger partial charge on any atom is 0.249 e. The Balaban J connectivity index is 1.96. The van der Waals surface area contributed by atoms with E-state index in [9.17, 15) is 4.79 Å². The topological polar surface area (TPSA) is 54.9 Å². The van der Waals surface area contributed by atoms with Crippen molar-refractivity contribution in [2.24, 2.45) is 0 Å². The van der Waals surface area contributed by atoms with Gasteiger partial charge in [-0.15, -0.1) is 11.3 Å². The standard InChI is InChI=1S/C13H13N3OS/c1-9-3-5-12(14-7-9)16-13(17)6-4-11-8-18-10(2)15-11/h3-8H,1-2H3,(H,14,16,17)/b6-4+. The Kier molecular flexibility index (Phi) is 3.84. The molecule has 0 aliphatic carbocycles. The fourth-order valence-corrected chi connectivity index (χ4v) is 1.91. The maximum atomic E-state index is 11.6. The number of thiazole rings is 1. The van der Waals surface area contributed by atoms with Gasteiger partial charge in [-0.3, -0.25) is 4.79 Å². The van der Waals surface area contributed by atoms with Crippen molar-refractivity contribution in [2.45, 2.75) is 13.8 Å². The highest BCUT2D eigenvalue weighted by molar-refractivity contribution is 7.09. The molecule has 0 radical (unpaired) electrons. The number of hydrogen-bond donors (Lipinski definition) is 1. The largest absolute Gasteiger partial charge is 0.307 e. The number of nitrogens with zero attached hydrogens (tertiary/aromatic N) is 2. The Morgan fingerprint density at radius 3 is 2.83 bits per heavy atom. The first-order chi connectivity index (χ1) is 8.63. The van der Waals surface area contributed by atoms with E-state index in [1.165, 1.54) is 6.08 Å². The summed E-state index contributed by atoms with van der Waals surface area (Å²) < 4.78 is 0. The molecule has 2 aromatic rings. The summed E-state index contributed by atoms with van der Waals surface area (Å²) in [6, 6.07) is 3.67. The minimum Gasteiger partial charge on any atom is -0.307 e. The smallest absolute Gasteiger partial charge is 0.249 e. The molecule has 1 amide bonds. The van der Waals surface area contributed by atoms with Crippen molar-refractivity contribution in [3.05, 3.63) is 46.1 Å². The second-order valence-electron chi connectivity index (χ2n) is 3.83. The number of nitrogens with one attached hydrogen (secondary N) is 1. The lowest BCUT2D eigenvalue weighted by Gasteiger charge is -2.00. The molecule has 2 heterocycles. The molecular weight excluding hydrogens is 246 g/mol. The molecule has 0 fully saturated rings. The van der Waals surface area contributed by atoms with Crippen molar-refractivity contribution in [2.75, 3.05) is 5.32 Å². The van der Waals surface area contributed by atoms with E-state index >= 15 is 0 Å². The van der Waals surface area contributed by atoms with Crippen LogP contribution in [-0.2, 0) is 4.79 Å². The molecule has 0 saturated carbocycles. The molecule has 4 nitrogen and oxygen atoms in total. The van der Waals surface area contributed by atoms with E-state index in [0.717, 1.165) is 16.3 Å².